The summed E-state index contributed by atoms with van der Waals surface area (Å²) in [6.45, 7) is 4.13. The third-order valence-electron chi connectivity index (χ3n) is 9.69. The van der Waals surface area contributed by atoms with E-state index >= 15 is 0 Å². The lowest BCUT2D eigenvalue weighted by molar-refractivity contribution is 0.0906. The topological polar surface area (TPSA) is 103 Å². The van der Waals surface area contributed by atoms with Crippen LogP contribution in [0.4, 0.5) is 10.2 Å². The third-order valence-corrected chi connectivity index (χ3v) is 10.0. The molecule has 0 spiro atoms. The van der Waals surface area contributed by atoms with E-state index < -0.39 is 0 Å². The van der Waals surface area contributed by atoms with Gasteiger partial charge in [-0.2, -0.15) is 0 Å². The first-order chi connectivity index (χ1) is 24.9. The molecular formula is C40H39ClFN7O2. The monoisotopic (exact) mass is 703 g/mol. The summed E-state index contributed by atoms with van der Waals surface area (Å²) < 4.78 is 14.5. The van der Waals surface area contributed by atoms with E-state index in [1.54, 1.807) is 55.1 Å². The van der Waals surface area contributed by atoms with E-state index in [1.807, 2.05) is 24.4 Å². The number of benzene rings is 2. The van der Waals surface area contributed by atoms with E-state index in [2.05, 4.69) is 42.5 Å². The molecule has 7 rings (SSSR count). The molecule has 2 aliphatic rings. The van der Waals surface area contributed by atoms with Crippen LogP contribution >= 0.6 is 11.6 Å². The zero-order valence-electron chi connectivity index (χ0n) is 28.1. The molecule has 2 saturated heterocycles. The molecule has 0 bridgehead atoms. The smallest absolute Gasteiger partial charge is 0.251 e. The molecule has 5 aromatic rings. The van der Waals surface area contributed by atoms with E-state index in [9.17, 15) is 14.0 Å². The van der Waals surface area contributed by atoms with Crippen molar-refractivity contribution in [3.8, 4) is 22.3 Å². The lowest BCUT2D eigenvalue weighted by Crippen LogP contribution is -2.45. The third kappa shape index (κ3) is 8.41. The van der Waals surface area contributed by atoms with Crippen molar-refractivity contribution in [3.63, 3.8) is 0 Å². The Morgan fingerprint density at radius 2 is 1.31 bits per heavy atom. The number of likely N-dealkylation sites (tertiary alicyclic amines) is 1. The van der Waals surface area contributed by atoms with Crippen molar-refractivity contribution < 1.29 is 14.0 Å². The lowest BCUT2D eigenvalue weighted by Gasteiger charge is -2.34. The Balaban J connectivity index is 0.853. The maximum atomic E-state index is 14.5. The second kappa shape index (κ2) is 15.8. The molecule has 0 radical (unpaired) electrons. The number of carbonyl (C=O) groups is 2. The molecule has 5 heterocycles. The number of anilines is 1. The number of carbonyl (C=O) groups excluding carboxylic acids is 2. The normalized spacial score (nSPS) is 15.8. The molecule has 260 valence electrons. The van der Waals surface area contributed by atoms with Gasteiger partial charge in [-0.05, 0) is 85.8 Å². The van der Waals surface area contributed by atoms with Gasteiger partial charge in [-0.25, -0.2) is 9.37 Å². The van der Waals surface area contributed by atoms with Crippen molar-refractivity contribution in [2.75, 3.05) is 31.1 Å². The molecule has 2 N–H and O–H groups in total. The van der Waals surface area contributed by atoms with Crippen molar-refractivity contribution >= 4 is 29.2 Å². The minimum Gasteiger partial charge on any atom is -0.356 e. The fraction of sp³-hybridized carbons (Fsp3) is 0.275. The number of nitrogens with zero attached hydrogens (tertiary/aromatic N) is 5. The van der Waals surface area contributed by atoms with Gasteiger partial charge in [-0.1, -0.05) is 29.8 Å². The van der Waals surface area contributed by atoms with E-state index in [4.69, 9.17) is 16.6 Å². The first-order valence-corrected chi connectivity index (χ1v) is 17.7. The highest BCUT2D eigenvalue weighted by molar-refractivity contribution is 6.33. The van der Waals surface area contributed by atoms with Crippen LogP contribution in [0.15, 0.2) is 104 Å². The molecule has 0 saturated carbocycles. The quantitative estimate of drug-likeness (QED) is 0.174. The Hall–Kier alpha value is -5.19. The van der Waals surface area contributed by atoms with Crippen molar-refractivity contribution in [3.05, 3.63) is 131 Å². The van der Waals surface area contributed by atoms with Crippen LogP contribution in [-0.4, -0.2) is 69.9 Å². The van der Waals surface area contributed by atoms with Gasteiger partial charge in [0.25, 0.3) is 11.8 Å². The van der Waals surface area contributed by atoms with E-state index in [-0.39, 0.29) is 29.7 Å². The van der Waals surface area contributed by atoms with Gasteiger partial charge in [0.05, 0.1) is 0 Å². The Bertz CT molecular complexity index is 1970. The summed E-state index contributed by atoms with van der Waals surface area (Å²) >= 11 is 6.42. The molecule has 0 atom stereocenters. The van der Waals surface area contributed by atoms with Crippen LogP contribution in [0.1, 0.15) is 52.0 Å². The summed E-state index contributed by atoms with van der Waals surface area (Å²) in [4.78, 5) is 43.8. The summed E-state index contributed by atoms with van der Waals surface area (Å²) in [7, 11) is 0. The van der Waals surface area contributed by atoms with Gasteiger partial charge in [0, 0.05) is 114 Å². The van der Waals surface area contributed by atoms with Crippen molar-refractivity contribution in [1.29, 1.82) is 0 Å². The second-order valence-electron chi connectivity index (χ2n) is 13.2. The summed E-state index contributed by atoms with van der Waals surface area (Å²) in [5, 5.41) is 6.93. The molecule has 51 heavy (non-hydrogen) atoms. The van der Waals surface area contributed by atoms with Gasteiger partial charge in [0.1, 0.15) is 11.6 Å². The van der Waals surface area contributed by atoms with Gasteiger partial charge in [0.2, 0.25) is 0 Å². The highest BCUT2D eigenvalue weighted by atomic mass is 35.5. The zero-order valence-corrected chi connectivity index (χ0v) is 28.9. The van der Waals surface area contributed by atoms with Crippen LogP contribution < -0.4 is 15.5 Å². The minimum atomic E-state index is -0.385. The molecule has 3 aromatic heterocycles. The molecular weight excluding hydrogens is 665 g/mol. The first-order valence-electron chi connectivity index (χ1n) is 17.3. The van der Waals surface area contributed by atoms with Crippen LogP contribution in [0.5, 0.6) is 0 Å². The number of pyridine rings is 3. The predicted octanol–water partition coefficient (Wildman–Crippen LogP) is 6.79. The van der Waals surface area contributed by atoms with Crippen LogP contribution in [0.25, 0.3) is 22.3 Å². The van der Waals surface area contributed by atoms with Crippen molar-refractivity contribution in [2.24, 2.45) is 0 Å². The average Bonchev–Trinajstić information content (AvgIpc) is 3.17. The largest absolute Gasteiger partial charge is 0.356 e. The number of rotatable bonds is 9. The lowest BCUT2D eigenvalue weighted by atomic mass is 10.0. The summed E-state index contributed by atoms with van der Waals surface area (Å²) in [5.74, 6) is 0.247. The number of aromatic nitrogens is 3. The number of nitrogens with one attached hydrogen (secondary N) is 2. The van der Waals surface area contributed by atoms with Crippen LogP contribution in [0.2, 0.25) is 5.02 Å². The van der Waals surface area contributed by atoms with Gasteiger partial charge in [0.15, 0.2) is 0 Å². The number of halogens is 2. The maximum Gasteiger partial charge on any atom is 0.251 e. The summed E-state index contributed by atoms with van der Waals surface area (Å²) in [5.41, 5.74) is 4.82. The van der Waals surface area contributed by atoms with Crippen LogP contribution in [0.3, 0.4) is 0 Å². The van der Waals surface area contributed by atoms with Gasteiger partial charge in [-0.15, -0.1) is 0 Å². The number of piperidine rings is 2. The van der Waals surface area contributed by atoms with Crippen LogP contribution in [0, 0.1) is 5.82 Å². The molecule has 0 unspecified atom stereocenters. The maximum absolute atomic E-state index is 14.5. The zero-order chi connectivity index (χ0) is 35.2. The Labute approximate surface area is 301 Å². The van der Waals surface area contributed by atoms with E-state index in [1.165, 1.54) is 12.1 Å². The Kier molecular flexibility index (Phi) is 10.6. The van der Waals surface area contributed by atoms with Crippen molar-refractivity contribution in [2.45, 2.75) is 44.3 Å². The number of hydrogen-bond acceptors (Lipinski definition) is 7. The molecule has 2 fully saturated rings. The average molecular weight is 704 g/mol. The van der Waals surface area contributed by atoms with Gasteiger partial charge in [-0.3, -0.25) is 24.5 Å². The summed E-state index contributed by atoms with van der Waals surface area (Å²) in [6, 6.07) is 21.5. The predicted molar refractivity (Wildman–Crippen MR) is 197 cm³/mol. The fourth-order valence-electron chi connectivity index (χ4n) is 6.80. The highest BCUT2D eigenvalue weighted by Crippen LogP contribution is 2.29. The van der Waals surface area contributed by atoms with E-state index in [0.717, 1.165) is 80.9 Å². The highest BCUT2D eigenvalue weighted by Gasteiger charge is 2.24. The minimum absolute atomic E-state index is 0.0307. The molecule has 2 aliphatic heterocycles. The Morgan fingerprint density at radius 3 is 1.90 bits per heavy atom. The Morgan fingerprint density at radius 1 is 0.725 bits per heavy atom. The number of amides is 2. The molecule has 2 aromatic carbocycles. The fourth-order valence-corrected chi connectivity index (χ4v) is 7.03. The first kappa shape index (κ1) is 34.3. The van der Waals surface area contributed by atoms with E-state index in [0.29, 0.717) is 27.3 Å². The molecule has 2 amide bonds. The molecule has 0 aliphatic carbocycles. The molecule has 9 nitrogen and oxygen atoms in total. The molecule has 11 heteroatoms. The van der Waals surface area contributed by atoms with Gasteiger partial charge < -0.3 is 15.5 Å². The SMILES string of the molecule is O=C(NC1CCN(Cc2ccc(N3CCC(NC(=O)c4ccc(F)c(-c5cccnc5)c4)CC3)nc2)CC1)c1ccc(Cl)c(-c2cccnc2)c1. The summed E-state index contributed by atoms with van der Waals surface area (Å²) in [6.07, 6.45) is 12.0. The second-order valence-corrected chi connectivity index (χ2v) is 13.6. The number of hydrogen-bond donors (Lipinski definition) is 2. The van der Waals surface area contributed by atoms with Crippen molar-refractivity contribution in [1.82, 2.24) is 30.5 Å². The van der Waals surface area contributed by atoms with Crippen LogP contribution in [-0.2, 0) is 6.54 Å². The van der Waals surface area contributed by atoms with Gasteiger partial charge >= 0.3 is 0 Å². The standard InChI is InChI=1S/C40H39ClFN7O2/c41-36-8-6-28(21-34(36)30-3-1-15-43-24-30)39(50)46-32-11-17-48(18-12-32)26-27-5-10-38(45-23-27)49-19-13-33(14-20-49)47-40(51)29-7-9-37(42)35(22-29)31-4-2-16-44-25-31/h1-10,15-16,21-25,32-33H,11-14,17-20,26H2,(H,46,50)(H,47,51).